The molecule has 0 saturated heterocycles. The summed E-state index contributed by atoms with van der Waals surface area (Å²) < 4.78 is 154. The summed E-state index contributed by atoms with van der Waals surface area (Å²) in [6.07, 6.45) is 3.45. The molecule has 270 valence electrons. The van der Waals surface area contributed by atoms with Crippen molar-refractivity contribution in [3.05, 3.63) is 134 Å². The lowest BCUT2D eigenvalue weighted by molar-refractivity contribution is 0.0261. The third-order valence-electron chi connectivity index (χ3n) is 9.25. The van der Waals surface area contributed by atoms with Gasteiger partial charge < -0.3 is 0 Å². The van der Waals surface area contributed by atoms with Crippen LogP contribution in [0.4, 0.5) is 49.6 Å². The van der Waals surface area contributed by atoms with Crippen LogP contribution in [0.25, 0.3) is 6.08 Å². The van der Waals surface area contributed by atoms with E-state index < -0.39 is 80.6 Å². The molecule has 1 aliphatic heterocycles. The second-order valence-electron chi connectivity index (χ2n) is 14.0. The highest BCUT2D eigenvalue weighted by Gasteiger charge is 2.51. The minimum Gasteiger partial charge on any atom is -0.291 e. The van der Waals surface area contributed by atoms with Gasteiger partial charge in [0.2, 0.25) is 0 Å². The van der Waals surface area contributed by atoms with Gasteiger partial charge in [0, 0.05) is 5.56 Å². The zero-order chi connectivity index (χ0) is 37.5. The Morgan fingerprint density at radius 2 is 1.33 bits per heavy atom. The Morgan fingerprint density at radius 3 is 1.88 bits per heavy atom. The summed E-state index contributed by atoms with van der Waals surface area (Å²) in [4.78, 5) is -1.50. The predicted molar refractivity (Wildman–Crippen MR) is 176 cm³/mol. The van der Waals surface area contributed by atoms with Crippen LogP contribution >= 0.6 is 11.9 Å². The highest BCUT2D eigenvalue weighted by Crippen LogP contribution is 2.52. The quantitative estimate of drug-likeness (QED) is 0.0842. The SMILES string of the molecule is C=Cc1cc(C)c(N(Cc2cc(C3CC3)cc(C(C)(C)C)c2)N2Cc3c(F)c(F)c(F)c(F)c3C(F)(F)c3c(F)c(F)c(F)c(F)c3S2)c(C)c1. The zero-order valence-corrected chi connectivity index (χ0v) is 29.0. The standard InChI is InChI=1S/C38H32F10N2S/c1-7-19-10-17(2)35(18(3)11-19)49(15-20-12-22(21-8-9-21)14-23(13-20)37(4,5)6)50-16-24-25(28(40)31(43)30(42)27(24)39)38(47,48)26-29(41)32(44)33(45)34(46)36(26)51-50/h7,10-14,21H,1,8-9,15-16H2,2-6H3. The summed E-state index contributed by atoms with van der Waals surface area (Å²) in [6, 6.07) is 9.29. The number of benzene rings is 4. The van der Waals surface area contributed by atoms with Crippen LogP contribution in [0.5, 0.6) is 0 Å². The monoisotopic (exact) mass is 738 g/mol. The smallest absolute Gasteiger partial charge is 0.291 e. The van der Waals surface area contributed by atoms with Crippen molar-refractivity contribution in [2.75, 3.05) is 5.01 Å². The Balaban J connectivity index is 1.68. The Hall–Kier alpha value is -3.97. The van der Waals surface area contributed by atoms with Crippen LogP contribution in [0.3, 0.4) is 0 Å². The van der Waals surface area contributed by atoms with Crippen molar-refractivity contribution in [3.63, 3.8) is 0 Å². The first kappa shape index (κ1) is 36.8. The van der Waals surface area contributed by atoms with E-state index in [9.17, 15) is 17.6 Å². The lowest BCUT2D eigenvalue weighted by Crippen LogP contribution is -2.41. The number of hydrogen-bond donors (Lipinski definition) is 0. The van der Waals surface area contributed by atoms with Crippen LogP contribution in [0.1, 0.15) is 89.6 Å². The highest BCUT2D eigenvalue weighted by molar-refractivity contribution is 7.97. The molecule has 6 rings (SSSR count). The first-order valence-electron chi connectivity index (χ1n) is 16.0. The maximum Gasteiger partial charge on any atom is 0.305 e. The maximum absolute atomic E-state index is 16.2. The van der Waals surface area contributed by atoms with Crippen LogP contribution in [0.2, 0.25) is 0 Å². The zero-order valence-electron chi connectivity index (χ0n) is 28.2. The molecule has 0 aromatic heterocycles. The van der Waals surface area contributed by atoms with Gasteiger partial charge in [-0.25, -0.2) is 35.1 Å². The molecule has 0 unspecified atom stereocenters. The molecule has 1 heterocycles. The molecule has 0 radical (unpaired) electrons. The summed E-state index contributed by atoms with van der Waals surface area (Å²) in [5.41, 5.74) is -1.52. The molecular formula is C38H32F10N2S. The van der Waals surface area contributed by atoms with Gasteiger partial charge in [-0.15, -0.1) is 0 Å². The summed E-state index contributed by atoms with van der Waals surface area (Å²) in [7, 11) is 0. The molecule has 2 nitrogen and oxygen atoms in total. The number of hydrazine groups is 1. The first-order valence-corrected chi connectivity index (χ1v) is 16.8. The Morgan fingerprint density at radius 1 is 0.784 bits per heavy atom. The van der Waals surface area contributed by atoms with E-state index in [-0.39, 0.29) is 29.8 Å². The fourth-order valence-electron chi connectivity index (χ4n) is 6.51. The molecule has 1 saturated carbocycles. The second kappa shape index (κ2) is 12.9. The van der Waals surface area contributed by atoms with E-state index >= 15 is 26.3 Å². The minimum absolute atomic E-state index is 0.0404. The molecule has 0 bridgehead atoms. The number of nitrogens with zero attached hydrogens (tertiary/aromatic N) is 2. The normalized spacial score (nSPS) is 16.0. The number of fused-ring (bicyclic) bond motifs is 2. The highest BCUT2D eigenvalue weighted by atomic mass is 32.2. The Bertz CT molecular complexity index is 2000. The van der Waals surface area contributed by atoms with E-state index in [1.165, 1.54) is 5.01 Å². The number of halogens is 10. The fourth-order valence-corrected chi connectivity index (χ4v) is 7.64. The lowest BCUT2D eigenvalue weighted by atomic mass is 9.84. The van der Waals surface area contributed by atoms with Crippen LogP contribution < -0.4 is 5.01 Å². The topological polar surface area (TPSA) is 6.48 Å². The van der Waals surface area contributed by atoms with Crippen molar-refractivity contribution < 1.29 is 43.9 Å². The maximum atomic E-state index is 16.2. The molecule has 1 aliphatic carbocycles. The van der Waals surface area contributed by atoms with Crippen molar-refractivity contribution in [1.29, 1.82) is 0 Å². The molecule has 0 N–H and O–H groups in total. The van der Waals surface area contributed by atoms with Crippen molar-refractivity contribution in [2.24, 2.45) is 0 Å². The molecule has 1 fully saturated rings. The second-order valence-corrected chi connectivity index (χ2v) is 15.0. The van der Waals surface area contributed by atoms with Crippen molar-refractivity contribution >= 4 is 23.7 Å². The summed E-state index contributed by atoms with van der Waals surface area (Å²) in [5.74, 6) is -24.8. The molecule has 0 atom stereocenters. The average Bonchev–Trinajstić information content (AvgIpc) is 3.91. The molecule has 0 spiro atoms. The van der Waals surface area contributed by atoms with Gasteiger partial charge in [0.05, 0.1) is 34.8 Å². The number of hydrogen-bond acceptors (Lipinski definition) is 3. The van der Waals surface area contributed by atoms with Crippen LogP contribution in [-0.2, 0) is 24.4 Å². The van der Waals surface area contributed by atoms with Gasteiger partial charge >= 0.3 is 5.92 Å². The third kappa shape index (κ3) is 6.30. The van der Waals surface area contributed by atoms with Gasteiger partial charge in [-0.3, -0.25) is 5.01 Å². The van der Waals surface area contributed by atoms with E-state index in [1.807, 2.05) is 32.9 Å². The first-order chi connectivity index (χ1) is 23.8. The lowest BCUT2D eigenvalue weighted by Gasteiger charge is -2.40. The van der Waals surface area contributed by atoms with Gasteiger partial charge in [-0.05, 0) is 95.5 Å². The molecule has 4 aromatic carbocycles. The van der Waals surface area contributed by atoms with Crippen molar-refractivity contribution in [3.8, 4) is 0 Å². The minimum atomic E-state index is -5.20. The van der Waals surface area contributed by atoms with Crippen molar-refractivity contribution in [2.45, 2.75) is 82.7 Å². The molecule has 4 aromatic rings. The fraction of sp³-hybridized carbons (Fsp3) is 0.316. The average molecular weight is 739 g/mol. The number of aryl methyl sites for hydroxylation is 2. The Labute approximate surface area is 292 Å². The van der Waals surface area contributed by atoms with Gasteiger partial charge in [0.25, 0.3) is 0 Å². The molecule has 51 heavy (non-hydrogen) atoms. The van der Waals surface area contributed by atoms with Crippen molar-refractivity contribution in [1.82, 2.24) is 4.41 Å². The van der Waals surface area contributed by atoms with Gasteiger partial charge in [0.1, 0.15) is 0 Å². The molecule has 0 amide bonds. The molecular weight excluding hydrogens is 706 g/mol. The number of alkyl halides is 2. The number of rotatable bonds is 6. The van der Waals surface area contributed by atoms with E-state index in [0.29, 0.717) is 27.9 Å². The molecule has 2 aliphatic rings. The van der Waals surface area contributed by atoms with Crippen LogP contribution in [0.15, 0.2) is 41.8 Å². The van der Waals surface area contributed by atoms with Gasteiger partial charge in [-0.1, -0.05) is 51.6 Å². The van der Waals surface area contributed by atoms with Gasteiger partial charge in [0.15, 0.2) is 46.5 Å². The Kier molecular flexibility index (Phi) is 9.32. The summed E-state index contributed by atoms with van der Waals surface area (Å²) in [6.45, 7) is 11.8. The van der Waals surface area contributed by atoms with Crippen LogP contribution in [0, 0.1) is 60.4 Å². The predicted octanol–water partition coefficient (Wildman–Crippen LogP) is 11.8. The third-order valence-corrected chi connectivity index (χ3v) is 10.3. The molecule has 13 heteroatoms. The van der Waals surface area contributed by atoms with Crippen LogP contribution in [-0.4, -0.2) is 4.41 Å². The van der Waals surface area contributed by atoms with E-state index in [2.05, 4.69) is 12.6 Å². The summed E-state index contributed by atoms with van der Waals surface area (Å²) in [5, 5.41) is 1.38. The summed E-state index contributed by atoms with van der Waals surface area (Å²) >= 11 is -0.0404. The van der Waals surface area contributed by atoms with E-state index in [0.717, 1.165) is 28.4 Å². The van der Waals surface area contributed by atoms with E-state index in [4.69, 9.17) is 0 Å². The largest absolute Gasteiger partial charge is 0.305 e. The van der Waals surface area contributed by atoms with Gasteiger partial charge in [-0.2, -0.15) is 13.2 Å². The number of anilines is 1. The van der Waals surface area contributed by atoms with E-state index in [1.54, 1.807) is 32.1 Å².